The minimum absolute atomic E-state index is 0.186. The highest BCUT2D eigenvalue weighted by atomic mass is 35.5. The zero-order chi connectivity index (χ0) is 22.3. The quantitative estimate of drug-likeness (QED) is 0.428. The van der Waals surface area contributed by atoms with E-state index in [9.17, 15) is 9.59 Å². The largest absolute Gasteiger partial charge is 0.329 e. The molecule has 0 saturated heterocycles. The number of allylic oxidation sites excluding steroid dienone is 2. The number of nitrogens with zero attached hydrogens (tertiary/aromatic N) is 2. The molecule has 0 aliphatic carbocycles. The predicted octanol–water partition coefficient (Wildman–Crippen LogP) is 6.12. The van der Waals surface area contributed by atoms with Crippen molar-refractivity contribution in [2.75, 3.05) is 5.32 Å². The normalized spacial score (nSPS) is 13.5. The van der Waals surface area contributed by atoms with E-state index in [2.05, 4.69) is 15.0 Å². The van der Waals surface area contributed by atoms with Gasteiger partial charge in [-0.3, -0.25) is 14.1 Å². The van der Waals surface area contributed by atoms with Gasteiger partial charge in [0.1, 0.15) is 5.82 Å². The number of carbonyl (C=O) groups excluding carboxylic acids is 1. The Kier molecular flexibility index (Phi) is 7.36. The van der Waals surface area contributed by atoms with Crippen molar-refractivity contribution < 1.29 is 4.79 Å². The monoisotopic (exact) mass is 482 g/mol. The van der Waals surface area contributed by atoms with E-state index < -0.39 is 0 Å². The van der Waals surface area contributed by atoms with E-state index in [4.69, 9.17) is 11.6 Å². The molecular formula is C23H19ClN4O2S2. The van der Waals surface area contributed by atoms with E-state index in [0.717, 1.165) is 28.2 Å². The maximum Gasteiger partial charge on any atom is 0.329 e. The van der Waals surface area contributed by atoms with Gasteiger partial charge in [0.15, 0.2) is 0 Å². The number of urea groups is 1. The molecule has 0 radical (unpaired) electrons. The van der Waals surface area contributed by atoms with Crippen molar-refractivity contribution in [1.29, 1.82) is 0 Å². The fraction of sp³-hybridized carbons (Fsp3) is 0.0870. The summed E-state index contributed by atoms with van der Waals surface area (Å²) < 4.78 is 5.84. The Labute approximate surface area is 198 Å². The summed E-state index contributed by atoms with van der Waals surface area (Å²) >= 11 is 8.72. The predicted molar refractivity (Wildman–Crippen MR) is 134 cm³/mol. The molecule has 0 atom stereocenters. The first-order valence-corrected chi connectivity index (χ1v) is 11.8. The van der Waals surface area contributed by atoms with Crippen LogP contribution in [0.3, 0.4) is 0 Å². The number of hydrogen-bond acceptors (Lipinski definition) is 5. The first-order valence-electron chi connectivity index (χ1n) is 9.80. The number of nitrogens with one attached hydrogen (secondary N) is 2. The van der Waals surface area contributed by atoms with Crippen LogP contribution in [-0.2, 0) is 0 Å². The summed E-state index contributed by atoms with van der Waals surface area (Å²) in [7, 11) is 0. The zero-order valence-electron chi connectivity index (χ0n) is 16.8. The number of anilines is 1. The van der Waals surface area contributed by atoms with Gasteiger partial charge >= 0.3 is 6.03 Å². The highest BCUT2D eigenvalue weighted by molar-refractivity contribution is 8.24. The van der Waals surface area contributed by atoms with Gasteiger partial charge in [0.2, 0.25) is 0 Å². The Balaban J connectivity index is 1.41. The van der Waals surface area contributed by atoms with Gasteiger partial charge in [-0.05, 0) is 54.1 Å². The van der Waals surface area contributed by atoms with Gasteiger partial charge in [0.25, 0.3) is 5.56 Å². The van der Waals surface area contributed by atoms with Gasteiger partial charge in [-0.25, -0.2) is 9.78 Å². The molecule has 162 valence electrons. The Morgan fingerprint density at radius 2 is 1.84 bits per heavy atom. The van der Waals surface area contributed by atoms with Gasteiger partial charge in [0, 0.05) is 12.3 Å². The Morgan fingerprint density at radius 1 is 1.03 bits per heavy atom. The average Bonchev–Trinajstić information content (AvgIpc) is 3.03. The minimum Gasteiger partial charge on any atom is -0.306 e. The number of pyridine rings is 2. The summed E-state index contributed by atoms with van der Waals surface area (Å²) in [5.41, 5.74) is 2.24. The third-order valence-corrected chi connectivity index (χ3v) is 6.77. The lowest BCUT2D eigenvalue weighted by Crippen LogP contribution is -2.23. The second kappa shape index (κ2) is 10.6. The van der Waals surface area contributed by atoms with Gasteiger partial charge in [-0.15, -0.1) is 0 Å². The molecule has 0 saturated carbocycles. The van der Waals surface area contributed by atoms with E-state index in [1.807, 2.05) is 42.5 Å². The van der Waals surface area contributed by atoms with Gasteiger partial charge < -0.3 is 5.32 Å². The first kappa shape index (κ1) is 22.3. The third kappa shape index (κ3) is 5.85. The van der Waals surface area contributed by atoms with Crippen molar-refractivity contribution >= 4 is 47.0 Å². The lowest BCUT2D eigenvalue weighted by Gasteiger charge is -2.10. The second-order valence-corrected chi connectivity index (χ2v) is 9.59. The van der Waals surface area contributed by atoms with Crippen molar-refractivity contribution in [3.05, 3.63) is 98.1 Å². The molecule has 1 aromatic carbocycles. The molecule has 9 heteroatoms. The van der Waals surface area contributed by atoms with Crippen molar-refractivity contribution in [2.45, 2.75) is 12.8 Å². The maximum absolute atomic E-state index is 12.4. The first-order chi connectivity index (χ1) is 15.6. The highest BCUT2D eigenvalue weighted by Crippen LogP contribution is 2.37. The van der Waals surface area contributed by atoms with Crippen molar-refractivity contribution in [3.63, 3.8) is 0 Å². The van der Waals surface area contributed by atoms with Crippen LogP contribution in [0.5, 0.6) is 0 Å². The van der Waals surface area contributed by atoms with Crippen LogP contribution in [0.4, 0.5) is 10.5 Å². The highest BCUT2D eigenvalue weighted by Gasteiger charge is 2.10. The van der Waals surface area contributed by atoms with Crippen molar-refractivity contribution in [1.82, 2.24) is 14.3 Å². The maximum atomic E-state index is 12.4. The van der Waals surface area contributed by atoms with Crippen LogP contribution in [0.15, 0.2) is 92.5 Å². The van der Waals surface area contributed by atoms with Crippen LogP contribution in [0.1, 0.15) is 12.8 Å². The molecule has 3 aromatic rings. The molecule has 4 rings (SSSR count). The van der Waals surface area contributed by atoms with Crippen LogP contribution in [0.2, 0.25) is 0 Å². The summed E-state index contributed by atoms with van der Waals surface area (Å²) in [4.78, 5) is 28.9. The molecule has 2 aromatic heterocycles. The van der Waals surface area contributed by atoms with Crippen LogP contribution < -0.4 is 15.6 Å². The number of benzene rings is 1. The number of halogens is 1. The van der Waals surface area contributed by atoms with E-state index in [1.165, 1.54) is 40.5 Å². The minimum atomic E-state index is -0.376. The molecule has 6 nitrogen and oxygen atoms in total. The fourth-order valence-corrected chi connectivity index (χ4v) is 5.06. The molecule has 0 unspecified atom stereocenters. The topological polar surface area (TPSA) is 76.0 Å². The summed E-state index contributed by atoms with van der Waals surface area (Å²) in [5, 5.41) is 2.73. The summed E-state index contributed by atoms with van der Waals surface area (Å²) in [6.45, 7) is 0. The molecule has 32 heavy (non-hydrogen) atoms. The third-order valence-electron chi connectivity index (χ3n) is 4.50. The molecule has 3 heterocycles. The van der Waals surface area contributed by atoms with Crippen LogP contribution in [-0.4, -0.2) is 15.6 Å². The Bertz CT molecular complexity index is 1220. The van der Waals surface area contributed by atoms with Crippen molar-refractivity contribution in [2.24, 2.45) is 0 Å². The Morgan fingerprint density at radius 3 is 2.62 bits per heavy atom. The van der Waals surface area contributed by atoms with Gasteiger partial charge in [-0.1, -0.05) is 65.8 Å². The van der Waals surface area contributed by atoms with Crippen LogP contribution >= 0.6 is 35.3 Å². The number of carbonyl (C=O) groups is 1. The van der Waals surface area contributed by atoms with E-state index in [1.54, 1.807) is 24.4 Å². The number of aromatic nitrogens is 2. The summed E-state index contributed by atoms with van der Waals surface area (Å²) in [6, 6.07) is 16.1. The smallest absolute Gasteiger partial charge is 0.306 e. The van der Waals surface area contributed by atoms with Crippen molar-refractivity contribution in [3.8, 4) is 16.9 Å². The summed E-state index contributed by atoms with van der Waals surface area (Å²) in [6.07, 6.45) is 9.04. The standard InChI is InChI=1S/C23H19ClN4O2S2/c24-19-8-4-5-9-22(31-19)32-27-23(30)26-18-11-12-20(25-14-18)28-15-17(10-13-21(28)29)16-6-2-1-3-7-16/h1-3,6-15H,4-5H2,(H2,26,27,30). The van der Waals surface area contributed by atoms with Crippen LogP contribution in [0.25, 0.3) is 16.9 Å². The lowest BCUT2D eigenvalue weighted by molar-refractivity contribution is 0.257. The number of hydrogen-bond donors (Lipinski definition) is 2. The molecule has 0 bridgehead atoms. The molecule has 2 N–H and O–H groups in total. The molecule has 2 amide bonds. The molecule has 0 spiro atoms. The Hall–Kier alpha value is -2.94. The fourth-order valence-electron chi connectivity index (χ4n) is 2.96. The molecular weight excluding hydrogens is 464 g/mol. The number of amides is 2. The zero-order valence-corrected chi connectivity index (χ0v) is 19.2. The number of thioether (sulfide) groups is 1. The lowest BCUT2D eigenvalue weighted by atomic mass is 10.1. The van der Waals surface area contributed by atoms with E-state index in [0.29, 0.717) is 15.9 Å². The summed E-state index contributed by atoms with van der Waals surface area (Å²) in [5.74, 6) is 0.467. The molecule has 0 fully saturated rings. The SMILES string of the molecule is O=C(NSC1=CCCC=C(Cl)S1)Nc1ccc(-n2cc(-c3ccccc3)ccc2=O)nc1. The average molecular weight is 483 g/mol. The second-order valence-electron chi connectivity index (χ2n) is 6.77. The van der Waals surface area contributed by atoms with Gasteiger partial charge in [0.05, 0.1) is 20.5 Å². The molecule has 1 aliphatic heterocycles. The molecule has 1 aliphatic rings. The van der Waals surface area contributed by atoms with E-state index >= 15 is 0 Å². The number of rotatable bonds is 5. The van der Waals surface area contributed by atoms with Gasteiger partial charge in [-0.2, -0.15) is 0 Å². The van der Waals surface area contributed by atoms with Crippen LogP contribution in [0, 0.1) is 0 Å². The van der Waals surface area contributed by atoms with E-state index in [-0.39, 0.29) is 11.6 Å².